The van der Waals surface area contributed by atoms with Crippen molar-refractivity contribution in [2.24, 2.45) is 0 Å². The SMILES string of the molecule is Cc1cc(C)c2occ(C3NC(C(=O)O)C(C)(C)S3)c(=O)c2c1. The predicted octanol–water partition coefficient (Wildman–Crippen LogP) is 2.98. The van der Waals surface area contributed by atoms with Gasteiger partial charge in [-0.1, -0.05) is 6.07 Å². The van der Waals surface area contributed by atoms with E-state index in [2.05, 4.69) is 5.32 Å². The fourth-order valence-electron chi connectivity index (χ4n) is 3.07. The maximum absolute atomic E-state index is 12.8. The van der Waals surface area contributed by atoms with Gasteiger partial charge in [-0.25, -0.2) is 0 Å². The minimum absolute atomic E-state index is 0.107. The fourth-order valence-corrected chi connectivity index (χ4v) is 4.48. The second-order valence-electron chi connectivity index (χ2n) is 6.52. The highest BCUT2D eigenvalue weighted by Gasteiger charge is 2.46. The number of aryl methyl sites for hydroxylation is 2. The summed E-state index contributed by atoms with van der Waals surface area (Å²) < 4.78 is 5.17. The van der Waals surface area contributed by atoms with Gasteiger partial charge in [0.1, 0.15) is 17.9 Å². The molecule has 0 amide bonds. The number of aliphatic carboxylic acids is 1. The number of carboxylic acids is 1. The Morgan fingerprint density at radius 1 is 1.35 bits per heavy atom. The first kappa shape index (κ1) is 16.1. The van der Waals surface area contributed by atoms with Crippen LogP contribution in [-0.4, -0.2) is 21.9 Å². The number of hydrogen-bond acceptors (Lipinski definition) is 5. The number of rotatable bonds is 2. The molecule has 2 atom stereocenters. The zero-order valence-corrected chi connectivity index (χ0v) is 14.3. The maximum atomic E-state index is 12.8. The van der Waals surface area contributed by atoms with E-state index in [1.807, 2.05) is 39.8 Å². The molecule has 1 fully saturated rings. The van der Waals surface area contributed by atoms with Gasteiger partial charge in [0.25, 0.3) is 0 Å². The molecule has 0 radical (unpaired) electrons. The minimum atomic E-state index is -0.915. The number of carboxylic acid groups (broad SMARTS) is 1. The molecular weight excluding hydrogens is 314 g/mol. The van der Waals surface area contributed by atoms with Gasteiger partial charge in [-0.3, -0.25) is 14.9 Å². The van der Waals surface area contributed by atoms with Crippen LogP contribution in [0.2, 0.25) is 0 Å². The quantitative estimate of drug-likeness (QED) is 0.879. The normalized spacial score (nSPS) is 23.3. The third kappa shape index (κ3) is 2.66. The van der Waals surface area contributed by atoms with Crippen LogP contribution in [0, 0.1) is 13.8 Å². The summed E-state index contributed by atoms with van der Waals surface area (Å²) in [5.41, 5.74) is 2.85. The summed E-state index contributed by atoms with van der Waals surface area (Å²) in [7, 11) is 0. The predicted molar refractivity (Wildman–Crippen MR) is 90.9 cm³/mol. The highest BCUT2D eigenvalue weighted by atomic mass is 32.2. The molecule has 6 heteroatoms. The Morgan fingerprint density at radius 2 is 2.04 bits per heavy atom. The standard InChI is InChI=1S/C17H19NO4S/c1-8-5-9(2)13-10(6-8)12(19)11(7-22-13)15-18-14(16(20)21)17(3,4)23-15/h5-7,14-15,18H,1-4H3,(H,20,21). The van der Waals surface area contributed by atoms with Gasteiger partial charge in [-0.05, 0) is 44.9 Å². The van der Waals surface area contributed by atoms with Gasteiger partial charge < -0.3 is 9.52 Å². The third-order valence-electron chi connectivity index (χ3n) is 4.19. The van der Waals surface area contributed by atoms with Gasteiger partial charge in [-0.2, -0.15) is 0 Å². The van der Waals surface area contributed by atoms with Crippen LogP contribution >= 0.6 is 11.8 Å². The molecule has 2 aromatic rings. The van der Waals surface area contributed by atoms with Crippen LogP contribution in [0.4, 0.5) is 0 Å². The largest absolute Gasteiger partial charge is 0.480 e. The lowest BCUT2D eigenvalue weighted by atomic mass is 10.0. The van der Waals surface area contributed by atoms with Crippen molar-refractivity contribution in [1.29, 1.82) is 0 Å². The average Bonchev–Trinajstić information content (AvgIpc) is 2.75. The van der Waals surface area contributed by atoms with E-state index in [0.717, 1.165) is 11.1 Å². The topological polar surface area (TPSA) is 79.5 Å². The molecule has 122 valence electrons. The van der Waals surface area contributed by atoms with E-state index in [1.54, 1.807) is 0 Å². The van der Waals surface area contributed by atoms with Crippen molar-refractivity contribution in [2.45, 2.75) is 43.9 Å². The van der Waals surface area contributed by atoms with Crippen LogP contribution in [-0.2, 0) is 4.79 Å². The Morgan fingerprint density at radius 3 is 2.65 bits per heavy atom. The van der Waals surface area contributed by atoms with Crippen molar-refractivity contribution < 1.29 is 14.3 Å². The Kier molecular flexibility index (Phi) is 3.77. The summed E-state index contributed by atoms with van der Waals surface area (Å²) in [6.45, 7) is 7.57. The lowest BCUT2D eigenvalue weighted by molar-refractivity contribution is -0.139. The first-order valence-corrected chi connectivity index (χ1v) is 8.28. The average molecular weight is 333 g/mol. The second kappa shape index (κ2) is 5.39. The molecule has 1 aliphatic rings. The van der Waals surface area contributed by atoms with Gasteiger partial charge in [0.2, 0.25) is 0 Å². The van der Waals surface area contributed by atoms with E-state index in [0.29, 0.717) is 16.5 Å². The third-order valence-corrected chi connectivity index (χ3v) is 5.66. The van der Waals surface area contributed by atoms with Crippen LogP contribution in [0.3, 0.4) is 0 Å². The highest BCUT2D eigenvalue weighted by molar-refractivity contribution is 8.01. The first-order chi connectivity index (χ1) is 10.7. The van der Waals surface area contributed by atoms with Crippen molar-refractivity contribution >= 4 is 28.7 Å². The van der Waals surface area contributed by atoms with E-state index in [9.17, 15) is 14.7 Å². The molecule has 1 saturated heterocycles. The molecule has 1 aromatic heterocycles. The molecular formula is C17H19NO4S. The zero-order valence-electron chi connectivity index (χ0n) is 13.5. The summed E-state index contributed by atoms with van der Waals surface area (Å²) in [6.07, 6.45) is 1.46. The second-order valence-corrected chi connectivity index (χ2v) is 8.28. The highest BCUT2D eigenvalue weighted by Crippen LogP contribution is 2.45. The van der Waals surface area contributed by atoms with Crippen LogP contribution < -0.4 is 10.7 Å². The molecule has 5 nitrogen and oxygen atoms in total. The van der Waals surface area contributed by atoms with Crippen molar-refractivity contribution in [3.05, 3.63) is 45.3 Å². The van der Waals surface area contributed by atoms with Gasteiger partial charge in [0.15, 0.2) is 5.43 Å². The minimum Gasteiger partial charge on any atom is -0.480 e. The number of fused-ring (bicyclic) bond motifs is 1. The van der Waals surface area contributed by atoms with Gasteiger partial charge >= 0.3 is 5.97 Å². The van der Waals surface area contributed by atoms with Crippen molar-refractivity contribution in [3.8, 4) is 0 Å². The Bertz CT molecular complexity index is 856. The van der Waals surface area contributed by atoms with Gasteiger partial charge in [-0.15, -0.1) is 11.8 Å². The van der Waals surface area contributed by atoms with E-state index < -0.39 is 22.1 Å². The molecule has 3 rings (SSSR count). The molecule has 2 unspecified atom stereocenters. The molecule has 0 aliphatic carbocycles. The molecule has 0 bridgehead atoms. The van der Waals surface area contributed by atoms with E-state index >= 15 is 0 Å². The van der Waals surface area contributed by atoms with Gasteiger partial charge in [0, 0.05) is 4.75 Å². The van der Waals surface area contributed by atoms with Crippen molar-refractivity contribution in [2.75, 3.05) is 0 Å². The summed E-state index contributed by atoms with van der Waals surface area (Å²) in [6, 6.07) is 3.07. The zero-order chi connectivity index (χ0) is 16.9. The van der Waals surface area contributed by atoms with E-state index in [-0.39, 0.29) is 5.43 Å². The monoisotopic (exact) mass is 333 g/mol. The molecule has 2 heterocycles. The fraction of sp³-hybridized carbons (Fsp3) is 0.412. The molecule has 23 heavy (non-hydrogen) atoms. The molecule has 1 aliphatic heterocycles. The van der Waals surface area contributed by atoms with Crippen molar-refractivity contribution in [1.82, 2.24) is 5.32 Å². The number of nitrogens with one attached hydrogen (secondary N) is 1. The van der Waals surface area contributed by atoms with Gasteiger partial charge in [0.05, 0.1) is 16.3 Å². The van der Waals surface area contributed by atoms with E-state index in [1.165, 1.54) is 18.0 Å². The molecule has 0 spiro atoms. The summed E-state index contributed by atoms with van der Waals surface area (Å²) in [4.78, 5) is 24.2. The number of carbonyl (C=O) groups is 1. The van der Waals surface area contributed by atoms with Crippen molar-refractivity contribution in [3.63, 3.8) is 0 Å². The number of thioether (sulfide) groups is 1. The summed E-state index contributed by atoms with van der Waals surface area (Å²) in [5.74, 6) is -0.915. The maximum Gasteiger partial charge on any atom is 0.322 e. The smallest absolute Gasteiger partial charge is 0.322 e. The summed E-state index contributed by atoms with van der Waals surface area (Å²) >= 11 is 1.44. The Hall–Kier alpha value is -1.79. The summed E-state index contributed by atoms with van der Waals surface area (Å²) in [5, 5.41) is 12.5. The molecule has 2 N–H and O–H groups in total. The van der Waals surface area contributed by atoms with Crippen LogP contribution in [0.5, 0.6) is 0 Å². The number of hydrogen-bond donors (Lipinski definition) is 2. The van der Waals surface area contributed by atoms with Crippen LogP contribution in [0.25, 0.3) is 11.0 Å². The lowest BCUT2D eigenvalue weighted by Gasteiger charge is -2.20. The van der Waals surface area contributed by atoms with Crippen LogP contribution in [0.15, 0.2) is 27.6 Å². The molecule has 1 aromatic carbocycles. The van der Waals surface area contributed by atoms with E-state index in [4.69, 9.17) is 4.42 Å². The molecule has 0 saturated carbocycles. The Labute approximate surface area is 138 Å². The number of benzene rings is 1. The lowest BCUT2D eigenvalue weighted by Crippen LogP contribution is -2.43. The van der Waals surface area contributed by atoms with Crippen LogP contribution in [0.1, 0.15) is 35.9 Å². The first-order valence-electron chi connectivity index (χ1n) is 7.40. The Balaban J connectivity index is 2.10.